The predicted octanol–water partition coefficient (Wildman–Crippen LogP) is 3.34. The molecule has 2 aliphatic rings. The van der Waals surface area contributed by atoms with Crippen LogP contribution in [0.25, 0.3) is 15.9 Å². The van der Waals surface area contributed by atoms with Crippen molar-refractivity contribution in [2.75, 3.05) is 26.2 Å². The van der Waals surface area contributed by atoms with Gasteiger partial charge in [0, 0.05) is 36.6 Å². The first-order chi connectivity index (χ1) is 12.6. The molecule has 2 saturated heterocycles. The van der Waals surface area contributed by atoms with E-state index in [0.717, 1.165) is 52.7 Å². The molecule has 2 atom stereocenters. The van der Waals surface area contributed by atoms with Crippen LogP contribution in [-0.2, 0) is 0 Å². The highest BCUT2D eigenvalue weighted by molar-refractivity contribution is 7.20. The average Bonchev–Trinajstić information content (AvgIpc) is 3.35. The summed E-state index contributed by atoms with van der Waals surface area (Å²) in [4.78, 5) is 16.8. The summed E-state index contributed by atoms with van der Waals surface area (Å²) in [7, 11) is 0. The van der Waals surface area contributed by atoms with Crippen LogP contribution in [-0.4, -0.2) is 46.8 Å². The lowest BCUT2D eigenvalue weighted by molar-refractivity contribution is 0.0786. The Kier molecular flexibility index (Phi) is 3.81. The summed E-state index contributed by atoms with van der Waals surface area (Å²) in [5.41, 5.74) is 1.84. The molecule has 5 nitrogen and oxygen atoms in total. The fourth-order valence-corrected chi connectivity index (χ4v) is 5.45. The molecule has 3 aromatic rings. The zero-order valence-corrected chi connectivity index (χ0v) is 16.0. The molecule has 5 rings (SSSR count). The van der Waals surface area contributed by atoms with Gasteiger partial charge in [0.15, 0.2) is 0 Å². The minimum atomic E-state index is 0.151. The van der Waals surface area contributed by atoms with Gasteiger partial charge in [-0.2, -0.15) is 5.10 Å². The van der Waals surface area contributed by atoms with Gasteiger partial charge in [-0.25, -0.2) is 4.68 Å². The van der Waals surface area contributed by atoms with E-state index in [2.05, 4.69) is 10.4 Å². The van der Waals surface area contributed by atoms with Crippen LogP contribution in [0, 0.1) is 18.8 Å². The Morgan fingerprint density at radius 3 is 2.77 bits per heavy atom. The summed E-state index contributed by atoms with van der Waals surface area (Å²) in [6.07, 6.45) is 0. The molecule has 2 aromatic heterocycles. The van der Waals surface area contributed by atoms with Crippen LogP contribution in [0.15, 0.2) is 30.3 Å². The SMILES string of the molecule is Cc1nn(-c2cccc(Cl)c2)c2sc(C(=O)N3C[C@H]4CNC[C@H]4C3)cc12. The van der Waals surface area contributed by atoms with Crippen LogP contribution in [0.4, 0.5) is 0 Å². The molecule has 7 heteroatoms. The molecule has 0 radical (unpaired) electrons. The van der Waals surface area contributed by atoms with Gasteiger partial charge in [0.05, 0.1) is 16.3 Å². The van der Waals surface area contributed by atoms with E-state index in [9.17, 15) is 4.79 Å². The Balaban J connectivity index is 1.50. The maximum Gasteiger partial charge on any atom is 0.264 e. The smallest absolute Gasteiger partial charge is 0.264 e. The summed E-state index contributed by atoms with van der Waals surface area (Å²) in [6.45, 7) is 5.78. The summed E-state index contributed by atoms with van der Waals surface area (Å²) in [6, 6.07) is 9.63. The van der Waals surface area contributed by atoms with Gasteiger partial charge < -0.3 is 10.2 Å². The van der Waals surface area contributed by atoms with Gasteiger partial charge >= 0.3 is 0 Å². The zero-order chi connectivity index (χ0) is 17.8. The van der Waals surface area contributed by atoms with E-state index in [1.54, 1.807) is 0 Å². The molecule has 1 N–H and O–H groups in total. The number of hydrogen-bond acceptors (Lipinski definition) is 4. The summed E-state index contributed by atoms with van der Waals surface area (Å²) in [5.74, 6) is 1.37. The maximum atomic E-state index is 13.0. The first kappa shape index (κ1) is 16.3. The quantitative estimate of drug-likeness (QED) is 0.734. The molecule has 0 unspecified atom stereocenters. The highest BCUT2D eigenvalue weighted by Crippen LogP contribution is 2.33. The number of aromatic nitrogens is 2. The minimum Gasteiger partial charge on any atom is -0.337 e. The van der Waals surface area contributed by atoms with Crippen molar-refractivity contribution in [3.05, 3.63) is 45.9 Å². The molecular weight excluding hydrogens is 368 g/mol. The van der Waals surface area contributed by atoms with Crippen molar-refractivity contribution in [1.82, 2.24) is 20.0 Å². The zero-order valence-electron chi connectivity index (χ0n) is 14.4. The van der Waals surface area contributed by atoms with Gasteiger partial charge in [0.2, 0.25) is 0 Å². The summed E-state index contributed by atoms with van der Waals surface area (Å²) in [5, 5.41) is 9.78. The highest BCUT2D eigenvalue weighted by Gasteiger charge is 2.38. The standard InChI is InChI=1S/C19H19ClN4OS/c1-11-16-6-17(18(25)23-9-12-7-21-8-13(12)10-23)26-19(16)24(22-11)15-4-2-3-14(20)5-15/h2-6,12-13,21H,7-10H2,1H3/t12-,13+. The van der Waals surface area contributed by atoms with E-state index >= 15 is 0 Å². The van der Waals surface area contributed by atoms with E-state index in [-0.39, 0.29) is 5.91 Å². The number of nitrogens with zero attached hydrogens (tertiary/aromatic N) is 3. The monoisotopic (exact) mass is 386 g/mol. The molecule has 0 bridgehead atoms. The number of amides is 1. The van der Waals surface area contributed by atoms with Gasteiger partial charge in [-0.05, 0) is 43.0 Å². The van der Waals surface area contributed by atoms with E-state index in [1.807, 2.05) is 46.8 Å². The fraction of sp³-hybridized carbons (Fsp3) is 0.368. The van der Waals surface area contributed by atoms with Crippen molar-refractivity contribution in [3.63, 3.8) is 0 Å². The lowest BCUT2D eigenvalue weighted by Crippen LogP contribution is -2.31. The number of likely N-dealkylation sites (tertiary alicyclic amines) is 1. The number of carbonyl (C=O) groups excluding carboxylic acids is 1. The number of nitrogens with one attached hydrogen (secondary N) is 1. The van der Waals surface area contributed by atoms with Gasteiger partial charge in [0.25, 0.3) is 5.91 Å². The second-order valence-electron chi connectivity index (χ2n) is 7.20. The van der Waals surface area contributed by atoms with Crippen LogP contribution >= 0.6 is 22.9 Å². The summed E-state index contributed by atoms with van der Waals surface area (Å²) >= 11 is 7.66. The summed E-state index contributed by atoms with van der Waals surface area (Å²) < 4.78 is 1.89. The number of thiophene rings is 1. The molecule has 2 aliphatic heterocycles. The second kappa shape index (κ2) is 6.08. The van der Waals surface area contributed by atoms with Crippen molar-refractivity contribution < 1.29 is 4.79 Å². The molecule has 0 spiro atoms. The van der Waals surface area contributed by atoms with E-state index < -0.39 is 0 Å². The molecule has 2 fully saturated rings. The average molecular weight is 387 g/mol. The van der Waals surface area contributed by atoms with Crippen molar-refractivity contribution in [1.29, 1.82) is 0 Å². The van der Waals surface area contributed by atoms with Gasteiger partial charge in [-0.3, -0.25) is 4.79 Å². The Bertz CT molecular complexity index is 998. The van der Waals surface area contributed by atoms with Crippen molar-refractivity contribution in [2.24, 2.45) is 11.8 Å². The normalized spacial score (nSPS) is 22.3. The largest absolute Gasteiger partial charge is 0.337 e. The molecule has 4 heterocycles. The van der Waals surface area contributed by atoms with Crippen LogP contribution in [0.5, 0.6) is 0 Å². The van der Waals surface area contributed by atoms with Crippen LogP contribution in [0.1, 0.15) is 15.4 Å². The van der Waals surface area contributed by atoms with E-state index in [1.165, 1.54) is 11.3 Å². The molecule has 0 aliphatic carbocycles. The first-order valence-corrected chi connectivity index (χ1v) is 10.0. The lowest BCUT2D eigenvalue weighted by atomic mass is 10.0. The van der Waals surface area contributed by atoms with Crippen molar-refractivity contribution in [3.8, 4) is 5.69 Å². The number of fused-ring (bicyclic) bond motifs is 2. The molecular formula is C19H19ClN4OS. The Labute approximate surface area is 160 Å². The van der Waals surface area contributed by atoms with Crippen LogP contribution < -0.4 is 5.32 Å². The topological polar surface area (TPSA) is 50.2 Å². The number of rotatable bonds is 2. The minimum absolute atomic E-state index is 0.151. The predicted molar refractivity (Wildman–Crippen MR) is 104 cm³/mol. The fourth-order valence-electron chi connectivity index (χ4n) is 4.11. The number of carbonyl (C=O) groups is 1. The van der Waals surface area contributed by atoms with Gasteiger partial charge in [-0.15, -0.1) is 11.3 Å². The van der Waals surface area contributed by atoms with Gasteiger partial charge in [-0.1, -0.05) is 17.7 Å². The van der Waals surface area contributed by atoms with Crippen LogP contribution in [0.3, 0.4) is 0 Å². The number of hydrogen-bond donors (Lipinski definition) is 1. The van der Waals surface area contributed by atoms with Crippen molar-refractivity contribution >= 4 is 39.1 Å². The maximum absolute atomic E-state index is 13.0. The number of benzene rings is 1. The third kappa shape index (κ3) is 2.55. The third-order valence-electron chi connectivity index (χ3n) is 5.48. The Hall–Kier alpha value is -1.89. The molecule has 26 heavy (non-hydrogen) atoms. The molecule has 0 saturated carbocycles. The molecule has 134 valence electrons. The highest BCUT2D eigenvalue weighted by atomic mass is 35.5. The number of aryl methyl sites for hydroxylation is 1. The van der Waals surface area contributed by atoms with E-state index in [0.29, 0.717) is 16.9 Å². The lowest BCUT2D eigenvalue weighted by Gasteiger charge is -2.16. The van der Waals surface area contributed by atoms with Crippen LogP contribution in [0.2, 0.25) is 5.02 Å². The van der Waals surface area contributed by atoms with Crippen molar-refractivity contribution in [2.45, 2.75) is 6.92 Å². The third-order valence-corrected chi connectivity index (χ3v) is 6.82. The molecule has 1 aromatic carbocycles. The first-order valence-electron chi connectivity index (χ1n) is 8.85. The Morgan fingerprint density at radius 2 is 2.04 bits per heavy atom. The Morgan fingerprint density at radius 1 is 1.27 bits per heavy atom. The molecule has 1 amide bonds. The van der Waals surface area contributed by atoms with E-state index in [4.69, 9.17) is 11.6 Å². The van der Waals surface area contributed by atoms with Gasteiger partial charge in [0.1, 0.15) is 4.83 Å². The number of halogens is 1. The second-order valence-corrected chi connectivity index (χ2v) is 8.66.